The average Bonchev–Trinajstić information content (AvgIpc) is 2.83. The molecule has 0 unspecified atom stereocenters. The fraction of sp³-hybridized carbons (Fsp3) is 0.412. The number of carbonyl (C=O) groups is 1. The zero-order valence-corrected chi connectivity index (χ0v) is 13.7. The standard InChI is InChI=1S/C17H24N4O2/c1-14-12-16(20(2)19-14)18-17(23)13-21(10-11-22)9-8-15-6-4-3-5-7-15/h3-7,12,22H,8-11,13H2,1-2H3,(H,18,23). The van der Waals surface area contributed by atoms with Crippen molar-refractivity contribution in [3.63, 3.8) is 0 Å². The molecule has 1 heterocycles. The van der Waals surface area contributed by atoms with Crippen molar-refractivity contribution in [1.29, 1.82) is 0 Å². The van der Waals surface area contributed by atoms with Crippen LogP contribution >= 0.6 is 0 Å². The predicted octanol–water partition coefficient (Wildman–Crippen LogP) is 1.20. The van der Waals surface area contributed by atoms with Crippen LogP contribution in [0.5, 0.6) is 0 Å². The summed E-state index contributed by atoms with van der Waals surface area (Å²) in [5, 5.41) is 16.3. The Morgan fingerprint density at radius 1 is 1.30 bits per heavy atom. The number of rotatable bonds is 8. The maximum Gasteiger partial charge on any atom is 0.239 e. The van der Waals surface area contributed by atoms with Crippen LogP contribution in [0.1, 0.15) is 11.3 Å². The molecule has 1 aromatic heterocycles. The Hall–Kier alpha value is -2.18. The van der Waals surface area contributed by atoms with E-state index in [2.05, 4.69) is 22.5 Å². The summed E-state index contributed by atoms with van der Waals surface area (Å²) in [5.74, 6) is 0.578. The minimum absolute atomic E-state index is 0.0346. The van der Waals surface area contributed by atoms with E-state index >= 15 is 0 Å². The van der Waals surface area contributed by atoms with Gasteiger partial charge < -0.3 is 10.4 Å². The Labute approximate surface area is 136 Å². The van der Waals surface area contributed by atoms with E-state index in [9.17, 15) is 9.90 Å². The van der Waals surface area contributed by atoms with Gasteiger partial charge in [-0.05, 0) is 18.9 Å². The van der Waals surface area contributed by atoms with Crippen LogP contribution in [0.4, 0.5) is 5.82 Å². The third-order valence-electron chi connectivity index (χ3n) is 3.61. The highest BCUT2D eigenvalue weighted by atomic mass is 16.3. The summed E-state index contributed by atoms with van der Waals surface area (Å²) < 4.78 is 1.65. The van der Waals surface area contributed by atoms with Crippen LogP contribution in [0.3, 0.4) is 0 Å². The van der Waals surface area contributed by atoms with Gasteiger partial charge in [-0.2, -0.15) is 5.10 Å². The summed E-state index contributed by atoms with van der Waals surface area (Å²) in [6.45, 7) is 3.37. The van der Waals surface area contributed by atoms with Crippen LogP contribution in [0, 0.1) is 6.92 Å². The van der Waals surface area contributed by atoms with Gasteiger partial charge >= 0.3 is 0 Å². The van der Waals surface area contributed by atoms with Gasteiger partial charge in [0.1, 0.15) is 5.82 Å². The summed E-state index contributed by atoms with van der Waals surface area (Å²) in [4.78, 5) is 14.1. The van der Waals surface area contributed by atoms with Crippen LogP contribution in [0.15, 0.2) is 36.4 Å². The molecule has 0 bridgehead atoms. The number of anilines is 1. The summed E-state index contributed by atoms with van der Waals surface area (Å²) in [6, 6.07) is 12.0. The van der Waals surface area contributed by atoms with Crippen molar-refractivity contribution in [2.24, 2.45) is 7.05 Å². The number of hydrogen-bond donors (Lipinski definition) is 2. The van der Waals surface area contributed by atoms with Crippen molar-refractivity contribution in [2.75, 3.05) is 31.6 Å². The highest BCUT2D eigenvalue weighted by Crippen LogP contribution is 2.08. The highest BCUT2D eigenvalue weighted by Gasteiger charge is 2.12. The molecule has 0 fully saturated rings. The molecule has 0 saturated carbocycles. The number of nitrogens with one attached hydrogen (secondary N) is 1. The fourth-order valence-electron chi connectivity index (χ4n) is 2.46. The van der Waals surface area contributed by atoms with Gasteiger partial charge in [-0.25, -0.2) is 0 Å². The molecule has 0 spiro atoms. The van der Waals surface area contributed by atoms with E-state index in [0.717, 1.165) is 18.7 Å². The number of aliphatic hydroxyl groups is 1. The lowest BCUT2D eigenvalue weighted by atomic mass is 10.1. The molecule has 1 amide bonds. The summed E-state index contributed by atoms with van der Waals surface area (Å²) in [6.07, 6.45) is 0.846. The number of benzene rings is 1. The molecule has 2 N–H and O–H groups in total. The van der Waals surface area contributed by atoms with Crippen LogP contribution in [0.2, 0.25) is 0 Å². The van der Waals surface area contributed by atoms with Gasteiger partial charge in [0.2, 0.25) is 5.91 Å². The first-order chi connectivity index (χ1) is 11.1. The normalized spacial score (nSPS) is 11.0. The number of aromatic nitrogens is 2. The van der Waals surface area contributed by atoms with Crippen molar-refractivity contribution < 1.29 is 9.90 Å². The van der Waals surface area contributed by atoms with Gasteiger partial charge in [0.15, 0.2) is 0 Å². The van der Waals surface area contributed by atoms with E-state index in [0.29, 0.717) is 12.4 Å². The predicted molar refractivity (Wildman–Crippen MR) is 90.2 cm³/mol. The lowest BCUT2D eigenvalue weighted by Gasteiger charge is -2.20. The van der Waals surface area contributed by atoms with Gasteiger partial charge in [-0.3, -0.25) is 14.4 Å². The monoisotopic (exact) mass is 316 g/mol. The maximum atomic E-state index is 12.2. The summed E-state index contributed by atoms with van der Waals surface area (Å²) in [7, 11) is 1.80. The van der Waals surface area contributed by atoms with Crippen molar-refractivity contribution in [2.45, 2.75) is 13.3 Å². The number of hydrogen-bond acceptors (Lipinski definition) is 4. The van der Waals surface area contributed by atoms with E-state index in [-0.39, 0.29) is 19.1 Å². The SMILES string of the molecule is Cc1cc(NC(=O)CN(CCO)CCc2ccccc2)n(C)n1. The van der Waals surface area contributed by atoms with Gasteiger partial charge in [0.05, 0.1) is 18.8 Å². The second-order valence-electron chi connectivity index (χ2n) is 5.58. The van der Waals surface area contributed by atoms with Crippen LogP contribution in [0.25, 0.3) is 0 Å². The van der Waals surface area contributed by atoms with Gasteiger partial charge in [0.25, 0.3) is 0 Å². The zero-order valence-electron chi connectivity index (χ0n) is 13.7. The lowest BCUT2D eigenvalue weighted by Crippen LogP contribution is -2.36. The van der Waals surface area contributed by atoms with Crippen molar-refractivity contribution >= 4 is 11.7 Å². The molecule has 23 heavy (non-hydrogen) atoms. The minimum atomic E-state index is -0.102. The third kappa shape index (κ3) is 5.50. The topological polar surface area (TPSA) is 70.4 Å². The molecular weight excluding hydrogens is 292 g/mol. The first kappa shape index (κ1) is 17.2. The summed E-state index contributed by atoms with van der Waals surface area (Å²) in [5.41, 5.74) is 2.08. The number of nitrogens with zero attached hydrogens (tertiary/aromatic N) is 3. The first-order valence-electron chi connectivity index (χ1n) is 7.76. The molecule has 6 nitrogen and oxygen atoms in total. The Morgan fingerprint density at radius 2 is 2.04 bits per heavy atom. The van der Waals surface area contributed by atoms with E-state index in [1.807, 2.05) is 36.1 Å². The number of carbonyl (C=O) groups excluding carboxylic acids is 1. The largest absolute Gasteiger partial charge is 0.395 e. The van der Waals surface area contributed by atoms with Gasteiger partial charge in [-0.1, -0.05) is 30.3 Å². The smallest absolute Gasteiger partial charge is 0.239 e. The van der Waals surface area contributed by atoms with Crippen LogP contribution in [-0.4, -0.2) is 51.9 Å². The maximum absolute atomic E-state index is 12.2. The molecule has 2 aromatic rings. The summed E-state index contributed by atoms with van der Waals surface area (Å²) >= 11 is 0. The van der Waals surface area contributed by atoms with Crippen molar-refractivity contribution in [3.8, 4) is 0 Å². The quantitative estimate of drug-likeness (QED) is 0.768. The molecule has 0 aliphatic carbocycles. The van der Waals surface area contributed by atoms with E-state index in [1.165, 1.54) is 5.56 Å². The molecule has 124 valence electrons. The van der Waals surface area contributed by atoms with Gasteiger partial charge in [-0.15, -0.1) is 0 Å². The molecular formula is C17H24N4O2. The molecule has 0 atom stereocenters. The third-order valence-corrected chi connectivity index (χ3v) is 3.61. The Morgan fingerprint density at radius 3 is 2.65 bits per heavy atom. The average molecular weight is 316 g/mol. The van der Waals surface area contributed by atoms with E-state index in [1.54, 1.807) is 11.7 Å². The Balaban J connectivity index is 1.87. The van der Waals surface area contributed by atoms with Crippen LogP contribution in [-0.2, 0) is 18.3 Å². The number of amides is 1. The second-order valence-corrected chi connectivity index (χ2v) is 5.58. The lowest BCUT2D eigenvalue weighted by molar-refractivity contribution is -0.117. The molecule has 0 aliphatic heterocycles. The zero-order chi connectivity index (χ0) is 16.7. The highest BCUT2D eigenvalue weighted by molar-refractivity contribution is 5.91. The molecule has 0 radical (unpaired) electrons. The molecule has 2 rings (SSSR count). The number of aliphatic hydroxyl groups excluding tert-OH is 1. The van der Waals surface area contributed by atoms with Crippen LogP contribution < -0.4 is 5.32 Å². The Kier molecular flexibility index (Phi) is 6.31. The molecule has 0 aliphatic rings. The minimum Gasteiger partial charge on any atom is -0.395 e. The fourth-order valence-corrected chi connectivity index (χ4v) is 2.46. The van der Waals surface area contributed by atoms with E-state index in [4.69, 9.17) is 0 Å². The van der Waals surface area contributed by atoms with Crippen molar-refractivity contribution in [1.82, 2.24) is 14.7 Å². The molecule has 6 heteroatoms. The van der Waals surface area contributed by atoms with Gasteiger partial charge in [0, 0.05) is 26.2 Å². The molecule has 1 aromatic carbocycles. The second kappa shape index (κ2) is 8.45. The van der Waals surface area contributed by atoms with Crippen molar-refractivity contribution in [3.05, 3.63) is 47.7 Å². The first-order valence-corrected chi connectivity index (χ1v) is 7.76. The van der Waals surface area contributed by atoms with E-state index < -0.39 is 0 Å². The Bertz CT molecular complexity index is 625. The number of aryl methyl sites for hydroxylation is 2. The molecule has 0 saturated heterocycles.